The molecule has 0 aliphatic heterocycles. The van der Waals surface area contributed by atoms with Crippen LogP contribution in [0.3, 0.4) is 0 Å². The van der Waals surface area contributed by atoms with Crippen LogP contribution in [-0.4, -0.2) is 33.3 Å². The van der Waals surface area contributed by atoms with Gasteiger partial charge in [0.15, 0.2) is 0 Å². The van der Waals surface area contributed by atoms with Gasteiger partial charge in [0.25, 0.3) is 0 Å². The number of H-pyrrole nitrogens is 1. The number of aliphatic hydroxyl groups excluding tert-OH is 1. The Morgan fingerprint density at radius 1 is 1.45 bits per heavy atom. The number of aromatic nitrogens is 2. The van der Waals surface area contributed by atoms with Crippen molar-refractivity contribution < 1.29 is 9.90 Å². The molecule has 0 saturated heterocycles. The van der Waals surface area contributed by atoms with Crippen LogP contribution in [0.25, 0.3) is 0 Å². The van der Waals surface area contributed by atoms with Crippen LogP contribution in [-0.2, 0) is 6.54 Å². The van der Waals surface area contributed by atoms with Crippen molar-refractivity contribution in [2.45, 2.75) is 19.6 Å². The number of carbonyl (C=O) groups is 1. The number of nitrogens with one attached hydrogen (secondary N) is 2. The minimum absolute atomic E-state index is 0.198. The van der Waals surface area contributed by atoms with Crippen molar-refractivity contribution in [2.75, 3.05) is 12.4 Å². The monoisotopic (exact) mass is 274 g/mol. The van der Waals surface area contributed by atoms with E-state index in [0.29, 0.717) is 12.2 Å². The van der Waals surface area contributed by atoms with Crippen LogP contribution in [0.5, 0.6) is 0 Å². The van der Waals surface area contributed by atoms with Crippen molar-refractivity contribution in [1.29, 1.82) is 0 Å². The summed E-state index contributed by atoms with van der Waals surface area (Å²) in [6.45, 7) is 2.18. The Bertz CT molecular complexity index is 549. The molecule has 3 N–H and O–H groups in total. The highest BCUT2D eigenvalue weighted by Crippen LogP contribution is 2.16. The number of hydrogen-bond donors (Lipinski definition) is 3. The molecule has 0 aliphatic carbocycles. The fourth-order valence-electron chi connectivity index (χ4n) is 1.77. The van der Waals surface area contributed by atoms with Crippen molar-refractivity contribution in [1.82, 2.24) is 15.1 Å². The summed E-state index contributed by atoms with van der Waals surface area (Å²) in [5.74, 6) is 0. The number of amides is 2. The third-order valence-electron chi connectivity index (χ3n) is 2.97. The van der Waals surface area contributed by atoms with Crippen LogP contribution in [0.4, 0.5) is 10.5 Å². The van der Waals surface area contributed by atoms with Crippen LogP contribution in [0.2, 0.25) is 0 Å². The zero-order chi connectivity index (χ0) is 14.5. The lowest BCUT2D eigenvalue weighted by Gasteiger charge is -2.17. The fourth-order valence-corrected chi connectivity index (χ4v) is 1.77. The molecule has 1 unspecified atom stereocenters. The van der Waals surface area contributed by atoms with E-state index in [-0.39, 0.29) is 6.03 Å². The summed E-state index contributed by atoms with van der Waals surface area (Å²) >= 11 is 0. The largest absolute Gasteiger partial charge is 0.389 e. The van der Waals surface area contributed by atoms with Crippen molar-refractivity contribution in [3.63, 3.8) is 0 Å². The second-order valence-electron chi connectivity index (χ2n) is 4.69. The third kappa shape index (κ3) is 3.58. The van der Waals surface area contributed by atoms with Crippen LogP contribution >= 0.6 is 0 Å². The Morgan fingerprint density at radius 2 is 2.15 bits per heavy atom. The number of benzene rings is 1. The molecule has 2 rings (SSSR count). The number of carbonyl (C=O) groups excluding carboxylic acids is 1. The highest BCUT2D eigenvalue weighted by molar-refractivity contribution is 5.89. The lowest BCUT2D eigenvalue weighted by atomic mass is 10.1. The Balaban J connectivity index is 1.93. The van der Waals surface area contributed by atoms with Gasteiger partial charge in [0.05, 0.1) is 18.8 Å². The molecule has 2 aromatic rings. The van der Waals surface area contributed by atoms with Crippen LogP contribution in [0.15, 0.2) is 36.7 Å². The van der Waals surface area contributed by atoms with Crippen molar-refractivity contribution in [3.8, 4) is 0 Å². The molecule has 6 heteroatoms. The summed E-state index contributed by atoms with van der Waals surface area (Å²) < 4.78 is 0. The SMILES string of the molecule is CC(O)c1ccc(NC(=O)N(C)Cc2cn[nH]c2)cc1. The van der Waals surface area contributed by atoms with Gasteiger partial charge in [-0.2, -0.15) is 5.10 Å². The zero-order valence-electron chi connectivity index (χ0n) is 11.5. The maximum atomic E-state index is 12.0. The predicted molar refractivity (Wildman–Crippen MR) is 76.1 cm³/mol. The maximum absolute atomic E-state index is 12.0. The number of urea groups is 1. The number of rotatable bonds is 4. The first-order chi connectivity index (χ1) is 9.56. The van der Waals surface area contributed by atoms with Crippen LogP contribution in [0.1, 0.15) is 24.2 Å². The van der Waals surface area contributed by atoms with E-state index in [1.165, 1.54) is 0 Å². The molecule has 1 atom stereocenters. The smallest absolute Gasteiger partial charge is 0.321 e. The highest BCUT2D eigenvalue weighted by atomic mass is 16.3. The molecule has 1 aromatic heterocycles. The van der Waals surface area contributed by atoms with E-state index in [1.54, 1.807) is 55.5 Å². The lowest BCUT2D eigenvalue weighted by molar-refractivity contribution is 0.199. The summed E-state index contributed by atoms with van der Waals surface area (Å²) in [6, 6.07) is 6.92. The maximum Gasteiger partial charge on any atom is 0.321 e. The van der Waals surface area contributed by atoms with Gasteiger partial charge < -0.3 is 15.3 Å². The van der Waals surface area contributed by atoms with E-state index < -0.39 is 6.10 Å². The van der Waals surface area contributed by atoms with Crippen molar-refractivity contribution in [3.05, 3.63) is 47.8 Å². The standard InChI is InChI=1S/C14H18N4O2/c1-10(19)12-3-5-13(6-4-12)17-14(20)18(2)9-11-7-15-16-8-11/h3-8,10,19H,9H2,1-2H3,(H,15,16)(H,17,20). The van der Waals surface area contributed by atoms with Gasteiger partial charge in [-0.1, -0.05) is 12.1 Å². The number of aromatic amines is 1. The Morgan fingerprint density at radius 3 is 2.70 bits per heavy atom. The van der Waals surface area contributed by atoms with Crippen LogP contribution in [0, 0.1) is 0 Å². The molecule has 1 heterocycles. The molecule has 0 saturated carbocycles. The molecular formula is C14H18N4O2. The minimum atomic E-state index is -0.511. The summed E-state index contributed by atoms with van der Waals surface area (Å²) in [6.07, 6.45) is 2.92. The molecule has 1 aromatic carbocycles. The first-order valence-corrected chi connectivity index (χ1v) is 6.34. The van der Waals surface area contributed by atoms with Gasteiger partial charge in [-0.05, 0) is 24.6 Å². The van der Waals surface area contributed by atoms with Crippen molar-refractivity contribution in [2.24, 2.45) is 0 Å². The zero-order valence-corrected chi connectivity index (χ0v) is 11.5. The van der Waals surface area contributed by atoms with E-state index in [9.17, 15) is 9.90 Å². The topological polar surface area (TPSA) is 81.2 Å². The van der Waals surface area contributed by atoms with Gasteiger partial charge in [-0.25, -0.2) is 4.79 Å². The molecule has 106 valence electrons. The summed E-state index contributed by atoms with van der Waals surface area (Å²) in [4.78, 5) is 13.6. The third-order valence-corrected chi connectivity index (χ3v) is 2.97. The highest BCUT2D eigenvalue weighted by Gasteiger charge is 2.10. The number of hydrogen-bond acceptors (Lipinski definition) is 3. The molecular weight excluding hydrogens is 256 g/mol. The number of nitrogens with zero attached hydrogens (tertiary/aromatic N) is 2. The minimum Gasteiger partial charge on any atom is -0.389 e. The van der Waals surface area contributed by atoms with E-state index in [0.717, 1.165) is 11.1 Å². The Hall–Kier alpha value is -2.34. The van der Waals surface area contributed by atoms with Gasteiger partial charge in [0.1, 0.15) is 0 Å². The molecule has 2 amide bonds. The molecule has 20 heavy (non-hydrogen) atoms. The predicted octanol–water partition coefficient (Wildman–Crippen LogP) is 2.13. The van der Waals surface area contributed by atoms with E-state index >= 15 is 0 Å². The van der Waals surface area contributed by atoms with Gasteiger partial charge in [0, 0.05) is 24.5 Å². The molecule has 0 spiro atoms. The second kappa shape index (κ2) is 6.21. The molecule has 0 bridgehead atoms. The van der Waals surface area contributed by atoms with Gasteiger partial charge in [0.2, 0.25) is 0 Å². The van der Waals surface area contributed by atoms with Gasteiger partial charge >= 0.3 is 6.03 Å². The average molecular weight is 274 g/mol. The Labute approximate surface area is 117 Å². The van der Waals surface area contributed by atoms with Crippen molar-refractivity contribution >= 4 is 11.7 Å². The summed E-state index contributed by atoms with van der Waals surface area (Å²) in [5, 5.41) is 18.8. The van der Waals surface area contributed by atoms with Crippen LogP contribution < -0.4 is 5.32 Å². The number of anilines is 1. The summed E-state index contributed by atoms with van der Waals surface area (Å²) in [7, 11) is 1.71. The molecule has 0 aliphatic rings. The molecule has 0 radical (unpaired) electrons. The molecule has 0 fully saturated rings. The normalized spacial score (nSPS) is 11.9. The van der Waals surface area contributed by atoms with E-state index in [1.807, 2.05) is 0 Å². The first kappa shape index (κ1) is 14.1. The Kier molecular flexibility index (Phi) is 4.37. The average Bonchev–Trinajstić information content (AvgIpc) is 2.92. The van der Waals surface area contributed by atoms with Gasteiger partial charge in [-0.3, -0.25) is 5.10 Å². The van der Waals surface area contributed by atoms with E-state index in [2.05, 4.69) is 15.5 Å². The number of aliphatic hydroxyl groups is 1. The molecule has 6 nitrogen and oxygen atoms in total. The van der Waals surface area contributed by atoms with E-state index in [4.69, 9.17) is 0 Å². The quantitative estimate of drug-likeness (QED) is 0.798. The lowest BCUT2D eigenvalue weighted by Crippen LogP contribution is -2.30. The second-order valence-corrected chi connectivity index (χ2v) is 4.69. The summed E-state index contributed by atoms with van der Waals surface area (Å²) in [5.41, 5.74) is 2.44. The first-order valence-electron chi connectivity index (χ1n) is 6.34. The van der Waals surface area contributed by atoms with Gasteiger partial charge in [-0.15, -0.1) is 0 Å². The fraction of sp³-hybridized carbons (Fsp3) is 0.286.